The Kier molecular flexibility index (Phi) is 5.46. The lowest BCUT2D eigenvalue weighted by atomic mass is 10.2. The summed E-state index contributed by atoms with van der Waals surface area (Å²) in [6, 6.07) is 2.17. The van der Waals surface area contributed by atoms with Gasteiger partial charge in [0.25, 0.3) is 0 Å². The van der Waals surface area contributed by atoms with Crippen molar-refractivity contribution in [2.24, 2.45) is 0 Å². The van der Waals surface area contributed by atoms with Gasteiger partial charge < -0.3 is 0 Å². The van der Waals surface area contributed by atoms with Gasteiger partial charge in [0.15, 0.2) is 17.9 Å². The zero-order valence-corrected chi connectivity index (χ0v) is 8.86. The molecule has 0 aliphatic rings. The number of aldehydes is 1. The normalized spacial score (nSPS) is 8.69. The van der Waals surface area contributed by atoms with Crippen LogP contribution in [0.4, 0.5) is 8.78 Å². The van der Waals surface area contributed by atoms with E-state index in [4.69, 9.17) is 0 Å². The fourth-order valence-electron chi connectivity index (χ4n) is 0.662. The number of halogens is 3. The summed E-state index contributed by atoms with van der Waals surface area (Å²) < 4.78 is 25.4. The molecule has 0 heterocycles. The van der Waals surface area contributed by atoms with Gasteiger partial charge in [-0.25, -0.2) is 8.78 Å². The van der Waals surface area contributed by atoms with Crippen molar-refractivity contribution < 1.29 is 13.6 Å². The van der Waals surface area contributed by atoms with Crippen molar-refractivity contribution in [2.45, 2.75) is 13.8 Å². The third-order valence-electron chi connectivity index (χ3n) is 1.15. The minimum atomic E-state index is -1.11. The molecule has 0 aromatic heterocycles. The molecule has 0 amide bonds. The van der Waals surface area contributed by atoms with E-state index in [1.807, 2.05) is 13.8 Å². The van der Waals surface area contributed by atoms with E-state index in [0.29, 0.717) is 4.47 Å². The van der Waals surface area contributed by atoms with Crippen LogP contribution in [0.1, 0.15) is 24.2 Å². The molecule has 0 spiro atoms. The lowest BCUT2D eigenvalue weighted by molar-refractivity contribution is 0.111. The predicted octanol–water partition coefficient (Wildman–Crippen LogP) is 3.57. The van der Waals surface area contributed by atoms with Gasteiger partial charge in [-0.1, -0.05) is 29.8 Å². The molecular weight excluding hydrogens is 242 g/mol. The number of carbonyl (C=O) groups excluding carboxylic acids is 1. The first kappa shape index (κ1) is 12.2. The van der Waals surface area contributed by atoms with Crippen LogP contribution in [0.15, 0.2) is 16.6 Å². The van der Waals surface area contributed by atoms with Crippen molar-refractivity contribution in [3.05, 3.63) is 33.8 Å². The number of benzene rings is 1. The lowest BCUT2D eigenvalue weighted by Gasteiger charge is -1.96. The molecule has 0 atom stereocenters. The fraction of sp³-hybridized carbons (Fsp3) is 0.222. The fourth-order valence-corrected chi connectivity index (χ4v) is 1.11. The van der Waals surface area contributed by atoms with E-state index in [9.17, 15) is 13.6 Å². The Hall–Kier alpha value is -0.770. The lowest BCUT2D eigenvalue weighted by Crippen LogP contribution is -1.91. The summed E-state index contributed by atoms with van der Waals surface area (Å²) in [6.45, 7) is 4.00. The highest BCUT2D eigenvalue weighted by Crippen LogP contribution is 2.17. The van der Waals surface area contributed by atoms with Crippen LogP contribution in [0.25, 0.3) is 0 Å². The molecule has 0 saturated heterocycles. The van der Waals surface area contributed by atoms with Gasteiger partial charge in [0.2, 0.25) is 0 Å². The van der Waals surface area contributed by atoms with Crippen molar-refractivity contribution >= 4 is 22.2 Å². The maximum absolute atomic E-state index is 12.6. The molecule has 0 fully saturated rings. The van der Waals surface area contributed by atoms with E-state index in [-0.39, 0.29) is 11.8 Å². The third kappa shape index (κ3) is 3.22. The summed E-state index contributed by atoms with van der Waals surface area (Å²) in [5.74, 6) is -2.13. The summed E-state index contributed by atoms with van der Waals surface area (Å²) in [7, 11) is 0. The van der Waals surface area contributed by atoms with Gasteiger partial charge in [-0.2, -0.15) is 0 Å². The molecule has 0 N–H and O–H groups in total. The van der Waals surface area contributed by atoms with Gasteiger partial charge >= 0.3 is 0 Å². The summed E-state index contributed by atoms with van der Waals surface area (Å²) in [5, 5.41) is 0. The van der Waals surface area contributed by atoms with Gasteiger partial charge in [-0.15, -0.1) is 0 Å². The summed E-state index contributed by atoms with van der Waals surface area (Å²) in [5.41, 5.74) is -0.281. The smallest absolute Gasteiger partial charge is 0.169 e. The van der Waals surface area contributed by atoms with Gasteiger partial charge in [-0.05, 0) is 12.1 Å². The van der Waals surface area contributed by atoms with Gasteiger partial charge in [0.1, 0.15) is 0 Å². The van der Waals surface area contributed by atoms with E-state index in [2.05, 4.69) is 15.9 Å². The van der Waals surface area contributed by atoms with Crippen molar-refractivity contribution in [3.63, 3.8) is 0 Å². The number of hydrogen-bond donors (Lipinski definition) is 0. The minimum Gasteiger partial charge on any atom is -0.298 e. The Bertz CT molecular complexity index is 300. The SMILES string of the molecule is CC.O=Cc1cc(Br)cc(F)c1F. The number of hydrogen-bond acceptors (Lipinski definition) is 1. The van der Waals surface area contributed by atoms with E-state index in [1.54, 1.807) is 0 Å². The van der Waals surface area contributed by atoms with Crippen LogP contribution in [0.5, 0.6) is 0 Å². The van der Waals surface area contributed by atoms with Crippen molar-refractivity contribution in [1.29, 1.82) is 0 Å². The van der Waals surface area contributed by atoms with Crippen LogP contribution in [0.3, 0.4) is 0 Å². The van der Waals surface area contributed by atoms with E-state index >= 15 is 0 Å². The van der Waals surface area contributed by atoms with Crippen LogP contribution < -0.4 is 0 Å². The highest BCUT2D eigenvalue weighted by atomic mass is 79.9. The van der Waals surface area contributed by atoms with Crippen molar-refractivity contribution in [2.75, 3.05) is 0 Å². The molecule has 0 saturated carbocycles. The van der Waals surface area contributed by atoms with Gasteiger partial charge in [0.05, 0.1) is 5.56 Å². The largest absolute Gasteiger partial charge is 0.298 e. The first-order chi connectivity index (χ1) is 6.15. The highest BCUT2D eigenvalue weighted by molar-refractivity contribution is 9.10. The second-order valence-corrected chi connectivity index (χ2v) is 2.82. The zero-order chi connectivity index (χ0) is 10.4. The summed E-state index contributed by atoms with van der Waals surface area (Å²) in [6.07, 6.45) is 0.267. The maximum atomic E-state index is 12.6. The van der Waals surface area contributed by atoms with Crippen molar-refractivity contribution in [1.82, 2.24) is 0 Å². The molecule has 1 aromatic carbocycles. The van der Waals surface area contributed by atoms with Gasteiger partial charge in [0, 0.05) is 4.47 Å². The van der Waals surface area contributed by atoms with Crippen LogP contribution in [-0.2, 0) is 0 Å². The van der Waals surface area contributed by atoms with Crippen LogP contribution >= 0.6 is 15.9 Å². The Morgan fingerprint density at radius 1 is 1.31 bits per heavy atom. The van der Waals surface area contributed by atoms with E-state index in [0.717, 1.165) is 6.07 Å². The molecular formula is C9H9BrF2O. The summed E-state index contributed by atoms with van der Waals surface area (Å²) >= 11 is 2.92. The minimum absolute atomic E-state index is 0.267. The maximum Gasteiger partial charge on any atom is 0.169 e. The molecule has 0 aliphatic heterocycles. The monoisotopic (exact) mass is 250 g/mol. The average Bonchev–Trinajstić information content (AvgIpc) is 2.14. The Balaban J connectivity index is 0.000000671. The Labute approximate surface area is 83.9 Å². The standard InChI is InChI=1S/C7H3BrF2O.C2H6/c8-5-1-4(3-11)7(10)6(9)2-5;1-2/h1-3H;1-2H3. The molecule has 4 heteroatoms. The Morgan fingerprint density at radius 3 is 2.31 bits per heavy atom. The molecule has 13 heavy (non-hydrogen) atoms. The van der Waals surface area contributed by atoms with E-state index < -0.39 is 11.6 Å². The topological polar surface area (TPSA) is 17.1 Å². The van der Waals surface area contributed by atoms with E-state index in [1.165, 1.54) is 6.07 Å². The Morgan fingerprint density at radius 2 is 1.85 bits per heavy atom. The molecule has 0 aliphatic carbocycles. The molecule has 72 valence electrons. The summed E-state index contributed by atoms with van der Waals surface area (Å²) in [4.78, 5) is 10.1. The first-order valence-corrected chi connectivity index (χ1v) is 4.54. The second kappa shape index (κ2) is 5.80. The molecule has 1 aromatic rings. The highest BCUT2D eigenvalue weighted by Gasteiger charge is 2.08. The van der Waals surface area contributed by atoms with Crippen LogP contribution in [0.2, 0.25) is 0 Å². The first-order valence-electron chi connectivity index (χ1n) is 3.75. The molecule has 0 bridgehead atoms. The predicted molar refractivity (Wildman–Crippen MR) is 50.8 cm³/mol. The second-order valence-electron chi connectivity index (χ2n) is 1.91. The molecule has 1 rings (SSSR count). The molecule has 1 nitrogen and oxygen atoms in total. The van der Waals surface area contributed by atoms with Crippen molar-refractivity contribution in [3.8, 4) is 0 Å². The average molecular weight is 251 g/mol. The van der Waals surface area contributed by atoms with Gasteiger partial charge in [-0.3, -0.25) is 4.79 Å². The molecule has 0 unspecified atom stereocenters. The molecule has 0 radical (unpaired) electrons. The number of carbonyl (C=O) groups is 1. The quantitative estimate of drug-likeness (QED) is 0.550. The third-order valence-corrected chi connectivity index (χ3v) is 1.61. The zero-order valence-electron chi connectivity index (χ0n) is 7.27. The van der Waals surface area contributed by atoms with Crippen LogP contribution in [0, 0.1) is 11.6 Å². The van der Waals surface area contributed by atoms with Crippen LogP contribution in [-0.4, -0.2) is 6.29 Å². The number of rotatable bonds is 1.